The Morgan fingerprint density at radius 3 is 2.86 bits per heavy atom. The molecule has 4 rings (SSSR count). The molecule has 0 spiro atoms. The predicted octanol–water partition coefficient (Wildman–Crippen LogP) is 4.03. The number of nitrogens with zero attached hydrogens (tertiary/aromatic N) is 5. The number of aromatic nitrogens is 6. The lowest BCUT2D eigenvalue weighted by Gasteiger charge is -2.04. The molecule has 0 saturated heterocycles. The normalized spacial score (nSPS) is 11.6. The summed E-state index contributed by atoms with van der Waals surface area (Å²) < 4.78 is 28.8. The molecule has 0 aliphatic rings. The van der Waals surface area contributed by atoms with E-state index in [-0.39, 0.29) is 27.6 Å². The molecule has 3 aromatic heterocycles. The summed E-state index contributed by atoms with van der Waals surface area (Å²) in [5.41, 5.74) is 1.55. The second-order valence-corrected chi connectivity index (χ2v) is 6.93. The van der Waals surface area contributed by atoms with Crippen LogP contribution < -0.4 is 5.56 Å². The summed E-state index contributed by atoms with van der Waals surface area (Å²) in [5.74, 6) is 0.433. The van der Waals surface area contributed by atoms with Crippen molar-refractivity contribution in [1.29, 1.82) is 0 Å². The first kappa shape index (κ1) is 19.3. The van der Waals surface area contributed by atoms with Crippen LogP contribution in [0.15, 0.2) is 41.5 Å². The number of H-pyrrole nitrogens is 1. The predicted molar refractivity (Wildman–Crippen MR) is 105 cm³/mol. The lowest BCUT2D eigenvalue weighted by Crippen LogP contribution is -2.22. The minimum Gasteiger partial charge on any atom is -0.332 e. The Kier molecular flexibility index (Phi) is 5.14. The average Bonchev–Trinajstić information content (AvgIpc) is 3.32. The van der Waals surface area contributed by atoms with Gasteiger partial charge in [0.15, 0.2) is 11.2 Å². The first-order valence-electron chi connectivity index (χ1n) is 9.02. The molecule has 0 aliphatic carbocycles. The molecule has 150 valence electrons. The summed E-state index contributed by atoms with van der Waals surface area (Å²) in [4.78, 5) is 24.1. The topological polar surface area (TPSA) is 81.4 Å². The molecule has 0 unspecified atom stereocenters. The Balaban J connectivity index is 1.64. The molecule has 0 saturated carbocycles. The Morgan fingerprint density at radius 2 is 2.10 bits per heavy atom. The van der Waals surface area contributed by atoms with Crippen molar-refractivity contribution in [1.82, 2.24) is 29.3 Å². The minimum absolute atomic E-state index is 0.0292. The molecule has 0 fully saturated rings. The number of rotatable bonds is 6. The van der Waals surface area contributed by atoms with Gasteiger partial charge in [-0.1, -0.05) is 25.1 Å². The first-order valence-corrected chi connectivity index (χ1v) is 9.40. The van der Waals surface area contributed by atoms with Crippen LogP contribution in [0.25, 0.3) is 22.6 Å². The second-order valence-electron chi connectivity index (χ2n) is 6.59. The van der Waals surface area contributed by atoms with Crippen molar-refractivity contribution in [3.63, 3.8) is 0 Å². The fourth-order valence-electron chi connectivity index (χ4n) is 3.10. The summed E-state index contributed by atoms with van der Waals surface area (Å²) in [6.07, 6.45) is 1.53. The molecule has 1 N–H and O–H groups in total. The molecule has 1 aromatic carbocycles. The van der Waals surface area contributed by atoms with Gasteiger partial charge in [0, 0.05) is 18.3 Å². The van der Waals surface area contributed by atoms with E-state index in [1.165, 1.54) is 16.7 Å². The Bertz CT molecular complexity index is 1230. The van der Waals surface area contributed by atoms with Gasteiger partial charge < -0.3 is 4.98 Å². The van der Waals surface area contributed by atoms with Crippen LogP contribution in [-0.4, -0.2) is 29.3 Å². The van der Waals surface area contributed by atoms with Crippen LogP contribution in [0.5, 0.6) is 0 Å². The van der Waals surface area contributed by atoms with Gasteiger partial charge in [0.05, 0.1) is 18.3 Å². The van der Waals surface area contributed by atoms with E-state index in [4.69, 9.17) is 11.6 Å². The largest absolute Gasteiger partial charge is 0.332 e. The van der Waals surface area contributed by atoms with Crippen molar-refractivity contribution in [3.05, 3.63) is 63.4 Å². The van der Waals surface area contributed by atoms with Crippen LogP contribution in [0.2, 0.25) is 5.28 Å². The van der Waals surface area contributed by atoms with E-state index >= 15 is 0 Å². The zero-order valence-electron chi connectivity index (χ0n) is 15.4. The maximum atomic E-state index is 12.9. The number of halogens is 3. The second kappa shape index (κ2) is 7.75. The van der Waals surface area contributed by atoms with E-state index in [1.54, 1.807) is 29.2 Å². The van der Waals surface area contributed by atoms with E-state index in [1.807, 2.05) is 6.92 Å². The van der Waals surface area contributed by atoms with Gasteiger partial charge in [-0.2, -0.15) is 10.1 Å². The summed E-state index contributed by atoms with van der Waals surface area (Å²) in [6, 6.07) is 6.20. The van der Waals surface area contributed by atoms with Gasteiger partial charge in [-0.05, 0) is 29.7 Å². The molecule has 4 aromatic rings. The molecule has 0 bridgehead atoms. The molecule has 3 heterocycles. The lowest BCUT2D eigenvalue weighted by atomic mass is 10.1. The highest BCUT2D eigenvalue weighted by Crippen LogP contribution is 2.21. The van der Waals surface area contributed by atoms with Crippen LogP contribution in [0.4, 0.5) is 8.78 Å². The monoisotopic (exact) mass is 418 g/mol. The molecule has 10 heteroatoms. The maximum absolute atomic E-state index is 12.9. The van der Waals surface area contributed by atoms with Gasteiger partial charge >= 0.3 is 0 Å². The van der Waals surface area contributed by atoms with Gasteiger partial charge in [-0.25, -0.2) is 13.8 Å². The van der Waals surface area contributed by atoms with Gasteiger partial charge in [-0.3, -0.25) is 14.0 Å². The van der Waals surface area contributed by atoms with Crippen LogP contribution in [0.1, 0.15) is 30.9 Å². The highest BCUT2D eigenvalue weighted by molar-refractivity contribution is 6.28. The lowest BCUT2D eigenvalue weighted by molar-refractivity contribution is 0.151. The molecule has 29 heavy (non-hydrogen) atoms. The first-order chi connectivity index (χ1) is 14.0. The van der Waals surface area contributed by atoms with Crippen molar-refractivity contribution in [2.75, 3.05) is 0 Å². The number of alkyl halides is 2. The highest BCUT2D eigenvalue weighted by Gasteiger charge is 2.15. The van der Waals surface area contributed by atoms with E-state index in [0.29, 0.717) is 30.0 Å². The van der Waals surface area contributed by atoms with Crippen LogP contribution in [0.3, 0.4) is 0 Å². The highest BCUT2D eigenvalue weighted by atomic mass is 35.5. The minimum atomic E-state index is -2.52. The van der Waals surface area contributed by atoms with Gasteiger partial charge in [0.2, 0.25) is 5.28 Å². The van der Waals surface area contributed by atoms with Gasteiger partial charge in [-0.15, -0.1) is 0 Å². The van der Waals surface area contributed by atoms with Gasteiger partial charge in [0.1, 0.15) is 5.82 Å². The van der Waals surface area contributed by atoms with Crippen molar-refractivity contribution in [2.45, 2.75) is 32.9 Å². The van der Waals surface area contributed by atoms with Crippen molar-refractivity contribution in [2.24, 2.45) is 0 Å². The molecule has 0 amide bonds. The van der Waals surface area contributed by atoms with Gasteiger partial charge in [0.25, 0.3) is 12.0 Å². The fourth-order valence-corrected chi connectivity index (χ4v) is 3.34. The number of fused-ring (bicyclic) bond motifs is 1. The zero-order valence-corrected chi connectivity index (χ0v) is 16.2. The molecular formula is C19H17ClF2N6O. The quantitative estimate of drug-likeness (QED) is 0.479. The third-order valence-electron chi connectivity index (χ3n) is 4.47. The maximum Gasteiger partial charge on any atom is 0.280 e. The Hall–Kier alpha value is -3.07. The number of nitrogens with one attached hydrogen (secondary N) is 1. The van der Waals surface area contributed by atoms with Crippen LogP contribution in [0, 0.1) is 0 Å². The summed E-state index contributed by atoms with van der Waals surface area (Å²) >= 11 is 6.10. The summed E-state index contributed by atoms with van der Waals surface area (Å²) in [5, 5.41) is 4.35. The van der Waals surface area contributed by atoms with Crippen molar-refractivity contribution >= 4 is 22.8 Å². The standard InChI is InChI=1S/C19H17ClF2N6O/c1-2-6-28-18(29)14-17(26-19(28)20)25-16(24-14)13-8-23-27(10-13)9-11-4-3-5-12(7-11)15(21)22/h3-5,7-8,10,15H,2,6,9H2,1H3,(H,24,25). The average molecular weight is 419 g/mol. The molecule has 0 atom stereocenters. The zero-order chi connectivity index (χ0) is 20.5. The van der Waals surface area contributed by atoms with E-state index in [0.717, 1.165) is 6.42 Å². The number of aromatic amines is 1. The third-order valence-corrected chi connectivity index (χ3v) is 4.75. The number of benzene rings is 1. The Labute approximate surface area is 169 Å². The van der Waals surface area contributed by atoms with E-state index in [9.17, 15) is 13.6 Å². The molecule has 7 nitrogen and oxygen atoms in total. The smallest absolute Gasteiger partial charge is 0.280 e. The fraction of sp³-hybridized carbons (Fsp3) is 0.263. The number of imidazole rings is 1. The molecule has 0 radical (unpaired) electrons. The van der Waals surface area contributed by atoms with E-state index in [2.05, 4.69) is 20.1 Å². The SMILES string of the molecule is CCCn1c(Cl)nc2nc(-c3cnn(Cc4cccc(C(F)F)c4)c3)[nH]c2c1=O. The summed E-state index contributed by atoms with van der Waals surface area (Å²) in [7, 11) is 0. The van der Waals surface area contributed by atoms with Crippen LogP contribution >= 0.6 is 11.6 Å². The van der Waals surface area contributed by atoms with Crippen LogP contribution in [-0.2, 0) is 13.1 Å². The third kappa shape index (κ3) is 3.77. The molecule has 0 aliphatic heterocycles. The van der Waals surface area contributed by atoms with E-state index < -0.39 is 6.43 Å². The Morgan fingerprint density at radius 1 is 1.28 bits per heavy atom. The number of hydrogen-bond acceptors (Lipinski definition) is 4. The van der Waals surface area contributed by atoms with Crippen molar-refractivity contribution < 1.29 is 8.78 Å². The number of hydrogen-bond donors (Lipinski definition) is 1. The summed E-state index contributed by atoms with van der Waals surface area (Å²) in [6.45, 7) is 2.73. The molecular weight excluding hydrogens is 402 g/mol. The van der Waals surface area contributed by atoms with Crippen molar-refractivity contribution in [3.8, 4) is 11.4 Å².